The first-order chi connectivity index (χ1) is 27.4. The molecule has 6 aromatic rings. The third-order valence-electron chi connectivity index (χ3n) is 11.0. The van der Waals surface area contributed by atoms with Crippen LogP contribution in [0.3, 0.4) is 0 Å². The summed E-state index contributed by atoms with van der Waals surface area (Å²) in [4.78, 5) is 0. The second kappa shape index (κ2) is 24.3. The fourth-order valence-corrected chi connectivity index (χ4v) is 9.25. The van der Waals surface area contributed by atoms with Crippen molar-refractivity contribution in [3.63, 3.8) is 0 Å². The number of benzene rings is 6. The number of allylic oxidation sites excluding steroid dienone is 4. The molecule has 0 aromatic heterocycles. The van der Waals surface area contributed by atoms with Crippen LogP contribution in [0.4, 0.5) is 0 Å². The Morgan fingerprint density at radius 2 is 1.10 bits per heavy atom. The van der Waals surface area contributed by atoms with Gasteiger partial charge in [0.1, 0.15) is 0 Å². The monoisotopic (exact) mass is 876 g/mol. The Labute approximate surface area is 377 Å². The third kappa shape index (κ3) is 12.8. The van der Waals surface area contributed by atoms with Gasteiger partial charge in [0, 0.05) is 5.92 Å². The van der Waals surface area contributed by atoms with Crippen LogP contribution in [0.5, 0.6) is 0 Å². The van der Waals surface area contributed by atoms with Crippen LogP contribution < -0.4 is 24.8 Å². The molecule has 0 radical (unpaired) electrons. The first-order valence-corrected chi connectivity index (χ1v) is 21.8. The summed E-state index contributed by atoms with van der Waals surface area (Å²) in [7, 11) is 0. The standard InChI is InChI=1S/C35H37.C15H14.C5H5.2ClH.Zr/c1-5-13-30(26-15-9-7-10-16-26)32-22-34-28(19-24(32)3)21-29-20-25(4)33(23-35(29)34)31(14-6-2)27-17-11-8-12-18-27;1-3-8-14(9-4-1)12-7-13-15-10-5-2-6-11-15;1-2-4-5-3-1;;;/h7-12,15-19,22-23,30-31H,5-6,13-14,21H2,1-4H3;1-6,8-11H,12-13H2;1-3H,4H2;2*1H;/q-1;;-1;;;+2/p-2. The first-order valence-electron chi connectivity index (χ1n) is 20.6. The van der Waals surface area contributed by atoms with Crippen LogP contribution in [-0.4, -0.2) is 3.21 Å². The van der Waals surface area contributed by atoms with Gasteiger partial charge in [0.25, 0.3) is 0 Å². The number of hydrogen-bond donors (Lipinski definition) is 0. The molecule has 6 aromatic carbocycles. The summed E-state index contributed by atoms with van der Waals surface area (Å²) in [5, 5.41) is 0. The van der Waals surface area contributed by atoms with Crippen LogP contribution in [0.25, 0.3) is 11.1 Å². The van der Waals surface area contributed by atoms with E-state index in [9.17, 15) is 0 Å². The predicted octanol–water partition coefficient (Wildman–Crippen LogP) is 8.04. The van der Waals surface area contributed by atoms with Crippen LogP contribution >= 0.6 is 0 Å². The average molecular weight is 879 g/mol. The van der Waals surface area contributed by atoms with Gasteiger partial charge < -0.3 is 24.8 Å². The van der Waals surface area contributed by atoms with Crippen LogP contribution in [0, 0.1) is 26.0 Å². The summed E-state index contributed by atoms with van der Waals surface area (Å²) in [6.45, 7) is 9.16. The van der Waals surface area contributed by atoms with Crippen molar-refractivity contribution < 1.29 is 49.0 Å². The Bertz CT molecular complexity index is 2050. The summed E-state index contributed by atoms with van der Waals surface area (Å²) in [6, 6.07) is 54.9. The number of fused-ring (bicyclic) bond motifs is 3. The van der Waals surface area contributed by atoms with E-state index in [1.807, 2.05) is 12.2 Å². The normalized spacial score (nSPS) is 12.7. The number of rotatable bonds is 12. The van der Waals surface area contributed by atoms with Gasteiger partial charge in [-0.2, -0.15) is 23.8 Å². The fourth-order valence-electron chi connectivity index (χ4n) is 8.24. The zero-order valence-electron chi connectivity index (χ0n) is 34.6. The predicted molar refractivity (Wildman–Crippen MR) is 236 cm³/mol. The molecule has 2 unspecified atom stereocenters. The van der Waals surface area contributed by atoms with Crippen LogP contribution in [0.2, 0.25) is 0 Å². The van der Waals surface area contributed by atoms with Crippen molar-refractivity contribution in [3.05, 3.63) is 226 Å². The Hall–Kier alpha value is -3.87. The minimum atomic E-state index is 0. The van der Waals surface area contributed by atoms with E-state index < -0.39 is 0 Å². The van der Waals surface area contributed by atoms with E-state index in [1.165, 1.54) is 86.0 Å². The minimum absolute atomic E-state index is 0. The van der Waals surface area contributed by atoms with Crippen molar-refractivity contribution in [2.45, 2.75) is 90.9 Å². The molecule has 0 spiro atoms. The molecule has 0 fully saturated rings. The molecule has 0 heterocycles. The molecule has 0 aliphatic heterocycles. The molecule has 0 nitrogen and oxygen atoms in total. The van der Waals surface area contributed by atoms with Crippen LogP contribution in [-0.2, 0) is 43.5 Å². The summed E-state index contributed by atoms with van der Waals surface area (Å²) in [6.07, 6.45) is 17.9. The maximum atomic E-state index is 3.84. The van der Waals surface area contributed by atoms with Gasteiger partial charge >= 0.3 is 112 Å². The van der Waals surface area contributed by atoms with Crippen molar-refractivity contribution in [1.29, 1.82) is 0 Å². The summed E-state index contributed by atoms with van der Waals surface area (Å²) in [5.41, 5.74) is 17.0. The molecule has 58 heavy (non-hydrogen) atoms. The zero-order valence-corrected chi connectivity index (χ0v) is 38.5. The van der Waals surface area contributed by atoms with Gasteiger partial charge in [-0.25, -0.2) is 12.2 Å². The Morgan fingerprint density at radius 1 is 0.621 bits per heavy atom. The summed E-state index contributed by atoms with van der Waals surface area (Å²) < 4.78 is 1.60. The molecule has 296 valence electrons. The van der Waals surface area contributed by atoms with E-state index in [-0.39, 0.29) is 24.8 Å². The van der Waals surface area contributed by atoms with Gasteiger partial charge in [-0.1, -0.05) is 124 Å². The molecule has 0 saturated carbocycles. The van der Waals surface area contributed by atoms with Crippen molar-refractivity contribution in [1.82, 2.24) is 0 Å². The molecule has 0 N–H and O–H groups in total. The van der Waals surface area contributed by atoms with E-state index in [2.05, 4.69) is 185 Å². The Morgan fingerprint density at radius 3 is 1.55 bits per heavy atom. The topological polar surface area (TPSA) is 0 Å². The number of hydrogen-bond acceptors (Lipinski definition) is 0. The molecule has 2 aliphatic rings. The second-order valence-electron chi connectivity index (χ2n) is 15.2. The summed E-state index contributed by atoms with van der Waals surface area (Å²) >= 11 is 1.55. The van der Waals surface area contributed by atoms with Gasteiger partial charge in [-0.3, -0.25) is 6.08 Å². The molecule has 0 bridgehead atoms. The van der Waals surface area contributed by atoms with Gasteiger partial charge in [0.05, 0.1) is 0 Å². The molecule has 2 aliphatic carbocycles. The molecule has 0 amide bonds. The van der Waals surface area contributed by atoms with Gasteiger partial charge in [-0.05, 0) is 47.9 Å². The Balaban J connectivity index is 0.000000268. The second-order valence-corrected chi connectivity index (χ2v) is 17.0. The van der Waals surface area contributed by atoms with Crippen molar-refractivity contribution in [3.8, 4) is 11.1 Å². The van der Waals surface area contributed by atoms with E-state index in [4.69, 9.17) is 0 Å². The van der Waals surface area contributed by atoms with E-state index in [0.29, 0.717) is 11.8 Å². The zero-order chi connectivity index (χ0) is 39.1. The van der Waals surface area contributed by atoms with Crippen molar-refractivity contribution in [2.24, 2.45) is 0 Å². The third-order valence-corrected chi connectivity index (χ3v) is 11.8. The van der Waals surface area contributed by atoms with Crippen LogP contribution in [0.15, 0.2) is 158 Å². The molecular formula is C55H56Cl2Zr-2. The van der Waals surface area contributed by atoms with E-state index >= 15 is 0 Å². The van der Waals surface area contributed by atoms with E-state index in [0.717, 1.165) is 32.1 Å². The Kier molecular flexibility index (Phi) is 19.6. The summed E-state index contributed by atoms with van der Waals surface area (Å²) in [5.74, 6) is 0.871. The molecule has 2 atom stereocenters. The van der Waals surface area contributed by atoms with Gasteiger partial charge in [-0.15, -0.1) is 23.1 Å². The molecular weight excluding hydrogens is 823 g/mol. The van der Waals surface area contributed by atoms with Gasteiger partial charge in [0.2, 0.25) is 0 Å². The quantitative estimate of drug-likeness (QED) is 0.109. The first kappa shape index (κ1) is 46.8. The van der Waals surface area contributed by atoms with Gasteiger partial charge in [0.15, 0.2) is 0 Å². The van der Waals surface area contributed by atoms with Crippen LogP contribution in [0.1, 0.15) is 113 Å². The fraction of sp³-hybridized carbons (Fsp3) is 0.255. The average Bonchev–Trinajstić information content (AvgIpc) is 3.92. The number of aryl methyl sites for hydroxylation is 2. The SMILES string of the molecule is CCCC(c1ccccc1)c1cc2c([c-]c1C)Cc1cc(C)c(C(CCC)c3ccccc3)cc1-2.[C-]1=CC=CC1.[Cl-].[Cl-].[Zr+2]=[C](Cc1ccccc1)Cc1ccccc1. The molecule has 0 saturated heterocycles. The maximum absolute atomic E-state index is 3.84. The van der Waals surface area contributed by atoms with E-state index in [1.54, 1.807) is 27.4 Å². The molecule has 8 rings (SSSR count). The van der Waals surface area contributed by atoms with Crippen molar-refractivity contribution in [2.75, 3.05) is 0 Å². The van der Waals surface area contributed by atoms with Crippen molar-refractivity contribution >= 4 is 3.21 Å². The molecule has 3 heteroatoms. The number of halogens is 2.